The van der Waals surface area contributed by atoms with Crippen molar-refractivity contribution in [1.82, 2.24) is 9.55 Å². The Kier molecular flexibility index (Phi) is 3.85. The van der Waals surface area contributed by atoms with Crippen LogP contribution in [0.15, 0.2) is 42.2 Å². The van der Waals surface area contributed by atoms with Gasteiger partial charge in [-0.05, 0) is 24.5 Å². The third kappa shape index (κ3) is 2.62. The molecule has 1 aromatic carbocycles. The maximum absolute atomic E-state index is 6.12. The monoisotopic (exact) mass is 285 g/mol. The highest BCUT2D eigenvalue weighted by molar-refractivity contribution is 7.09. The zero-order valence-electron chi connectivity index (χ0n) is 11.6. The number of hydrogen-bond acceptors (Lipinski definition) is 3. The van der Waals surface area contributed by atoms with Crippen molar-refractivity contribution in [1.29, 1.82) is 0 Å². The van der Waals surface area contributed by atoms with Crippen LogP contribution in [0.4, 0.5) is 0 Å². The normalized spacial score (nSPS) is 12.9. The number of rotatable bonds is 5. The molecule has 4 heteroatoms. The fraction of sp³-hybridized carbons (Fsp3) is 0.312. The number of fused-ring (bicyclic) bond motifs is 1. The van der Waals surface area contributed by atoms with Gasteiger partial charge in [-0.15, -0.1) is 11.3 Å². The van der Waals surface area contributed by atoms with Crippen molar-refractivity contribution in [3.8, 4) is 0 Å². The SMILES string of the molecule is CCC(N)Cc1cn(Cc2cncs2)c2ccccc12. The average molecular weight is 285 g/mol. The van der Waals surface area contributed by atoms with Crippen LogP contribution in [0.25, 0.3) is 10.9 Å². The summed E-state index contributed by atoms with van der Waals surface area (Å²) in [4.78, 5) is 5.43. The zero-order valence-corrected chi connectivity index (χ0v) is 12.4. The predicted molar refractivity (Wildman–Crippen MR) is 85.1 cm³/mol. The highest BCUT2D eigenvalue weighted by Crippen LogP contribution is 2.24. The third-order valence-electron chi connectivity index (χ3n) is 3.69. The minimum Gasteiger partial charge on any atom is -0.342 e. The number of thiazole rings is 1. The van der Waals surface area contributed by atoms with Crippen molar-refractivity contribution in [3.63, 3.8) is 0 Å². The van der Waals surface area contributed by atoms with Crippen LogP contribution in [0.2, 0.25) is 0 Å². The number of nitrogens with zero attached hydrogens (tertiary/aromatic N) is 2. The van der Waals surface area contributed by atoms with Crippen molar-refractivity contribution in [2.24, 2.45) is 5.73 Å². The van der Waals surface area contributed by atoms with E-state index in [0.29, 0.717) is 0 Å². The van der Waals surface area contributed by atoms with Crippen molar-refractivity contribution in [2.75, 3.05) is 0 Å². The second-order valence-electron chi connectivity index (χ2n) is 5.14. The highest BCUT2D eigenvalue weighted by Gasteiger charge is 2.11. The van der Waals surface area contributed by atoms with Gasteiger partial charge in [-0.2, -0.15) is 0 Å². The van der Waals surface area contributed by atoms with Crippen LogP contribution in [0.3, 0.4) is 0 Å². The van der Waals surface area contributed by atoms with E-state index in [1.165, 1.54) is 21.3 Å². The Morgan fingerprint density at radius 2 is 2.20 bits per heavy atom. The van der Waals surface area contributed by atoms with E-state index in [0.717, 1.165) is 19.4 Å². The number of aromatic nitrogens is 2. The van der Waals surface area contributed by atoms with E-state index >= 15 is 0 Å². The zero-order chi connectivity index (χ0) is 13.9. The Morgan fingerprint density at radius 1 is 1.35 bits per heavy atom. The molecular formula is C16H19N3S. The Morgan fingerprint density at radius 3 is 2.95 bits per heavy atom. The molecule has 0 radical (unpaired) electrons. The van der Waals surface area contributed by atoms with Gasteiger partial charge in [0, 0.05) is 34.2 Å². The fourth-order valence-electron chi connectivity index (χ4n) is 2.53. The van der Waals surface area contributed by atoms with E-state index in [1.807, 2.05) is 11.7 Å². The molecule has 104 valence electrons. The third-order valence-corrected chi connectivity index (χ3v) is 4.45. The largest absolute Gasteiger partial charge is 0.342 e. The predicted octanol–water partition coefficient (Wildman–Crippen LogP) is 3.43. The maximum atomic E-state index is 6.12. The summed E-state index contributed by atoms with van der Waals surface area (Å²) in [7, 11) is 0. The van der Waals surface area contributed by atoms with Crippen LogP contribution >= 0.6 is 11.3 Å². The topological polar surface area (TPSA) is 43.8 Å². The molecule has 0 saturated carbocycles. The molecule has 0 amide bonds. The first-order valence-electron chi connectivity index (χ1n) is 6.97. The van der Waals surface area contributed by atoms with Gasteiger partial charge in [-0.1, -0.05) is 25.1 Å². The minimum absolute atomic E-state index is 0.234. The molecule has 3 rings (SSSR count). The van der Waals surface area contributed by atoms with E-state index in [4.69, 9.17) is 5.73 Å². The van der Waals surface area contributed by atoms with Crippen molar-refractivity contribution in [2.45, 2.75) is 32.4 Å². The molecule has 0 aliphatic rings. The molecule has 0 spiro atoms. The fourth-order valence-corrected chi connectivity index (χ4v) is 3.12. The lowest BCUT2D eigenvalue weighted by Crippen LogP contribution is -2.21. The van der Waals surface area contributed by atoms with Crippen molar-refractivity contribution >= 4 is 22.2 Å². The van der Waals surface area contributed by atoms with E-state index < -0.39 is 0 Å². The first kappa shape index (κ1) is 13.3. The first-order chi connectivity index (χ1) is 9.78. The van der Waals surface area contributed by atoms with Crippen LogP contribution < -0.4 is 5.73 Å². The molecular weight excluding hydrogens is 266 g/mol. The van der Waals surface area contributed by atoms with E-state index in [2.05, 4.69) is 46.9 Å². The molecule has 20 heavy (non-hydrogen) atoms. The lowest BCUT2D eigenvalue weighted by Gasteiger charge is -2.06. The summed E-state index contributed by atoms with van der Waals surface area (Å²) in [6.45, 7) is 3.02. The Hall–Kier alpha value is -1.65. The summed E-state index contributed by atoms with van der Waals surface area (Å²) in [5.41, 5.74) is 10.6. The second-order valence-corrected chi connectivity index (χ2v) is 6.11. The van der Waals surface area contributed by atoms with Gasteiger partial charge in [0.25, 0.3) is 0 Å². The van der Waals surface area contributed by atoms with E-state index in [-0.39, 0.29) is 6.04 Å². The minimum atomic E-state index is 0.234. The lowest BCUT2D eigenvalue weighted by atomic mass is 10.0. The van der Waals surface area contributed by atoms with Gasteiger partial charge in [0.05, 0.1) is 12.1 Å². The number of nitrogens with two attached hydrogens (primary N) is 1. The lowest BCUT2D eigenvalue weighted by molar-refractivity contribution is 0.647. The molecule has 0 saturated heterocycles. The summed E-state index contributed by atoms with van der Waals surface area (Å²) in [6.07, 6.45) is 6.14. The summed E-state index contributed by atoms with van der Waals surface area (Å²) in [5, 5.41) is 1.32. The molecule has 0 fully saturated rings. The second kappa shape index (κ2) is 5.77. The highest BCUT2D eigenvalue weighted by atomic mass is 32.1. The smallest absolute Gasteiger partial charge is 0.0794 e. The molecule has 1 atom stereocenters. The molecule has 2 N–H and O–H groups in total. The maximum Gasteiger partial charge on any atom is 0.0794 e. The molecule has 3 aromatic rings. The molecule has 2 heterocycles. The van der Waals surface area contributed by atoms with Gasteiger partial charge in [-0.3, -0.25) is 4.98 Å². The quantitative estimate of drug-likeness (QED) is 0.780. The van der Waals surface area contributed by atoms with Gasteiger partial charge >= 0.3 is 0 Å². The molecule has 2 aromatic heterocycles. The summed E-state index contributed by atoms with van der Waals surface area (Å²) < 4.78 is 2.31. The molecule has 0 bridgehead atoms. The van der Waals surface area contributed by atoms with Crippen LogP contribution in [0, 0.1) is 0 Å². The Labute approximate surface area is 123 Å². The standard InChI is InChI=1S/C16H19N3S/c1-2-13(17)7-12-9-19(10-14-8-18-11-20-14)16-6-4-3-5-15(12)16/h3-6,8-9,11,13H,2,7,10,17H2,1H3. The van der Waals surface area contributed by atoms with Crippen LogP contribution in [0.1, 0.15) is 23.8 Å². The van der Waals surface area contributed by atoms with Crippen molar-refractivity contribution in [3.05, 3.63) is 52.6 Å². The summed E-state index contributed by atoms with van der Waals surface area (Å²) in [6, 6.07) is 8.79. The molecule has 0 aliphatic heterocycles. The Balaban J connectivity index is 1.99. The van der Waals surface area contributed by atoms with Gasteiger partial charge in [-0.25, -0.2) is 0 Å². The first-order valence-corrected chi connectivity index (χ1v) is 7.85. The summed E-state index contributed by atoms with van der Waals surface area (Å²) in [5.74, 6) is 0. The summed E-state index contributed by atoms with van der Waals surface area (Å²) >= 11 is 1.70. The number of hydrogen-bond donors (Lipinski definition) is 1. The van der Waals surface area contributed by atoms with Crippen LogP contribution in [-0.2, 0) is 13.0 Å². The van der Waals surface area contributed by atoms with Crippen molar-refractivity contribution < 1.29 is 0 Å². The van der Waals surface area contributed by atoms with Gasteiger partial charge < -0.3 is 10.3 Å². The average Bonchev–Trinajstić information content (AvgIpc) is 3.09. The molecule has 3 nitrogen and oxygen atoms in total. The number of para-hydroxylation sites is 1. The van der Waals surface area contributed by atoms with Crippen LogP contribution in [-0.4, -0.2) is 15.6 Å². The molecule has 1 unspecified atom stereocenters. The molecule has 0 aliphatic carbocycles. The van der Waals surface area contributed by atoms with Gasteiger partial charge in [0.1, 0.15) is 0 Å². The van der Waals surface area contributed by atoms with Gasteiger partial charge in [0.2, 0.25) is 0 Å². The number of benzene rings is 1. The van der Waals surface area contributed by atoms with Gasteiger partial charge in [0.15, 0.2) is 0 Å². The Bertz CT molecular complexity index is 685. The van der Waals surface area contributed by atoms with Crippen LogP contribution in [0.5, 0.6) is 0 Å². The van der Waals surface area contributed by atoms with E-state index in [9.17, 15) is 0 Å². The van der Waals surface area contributed by atoms with E-state index in [1.54, 1.807) is 11.3 Å².